The van der Waals surface area contributed by atoms with Crippen molar-refractivity contribution in [3.63, 3.8) is 0 Å². The van der Waals surface area contributed by atoms with Crippen LogP contribution in [0.1, 0.15) is 41.7 Å². The number of benzene rings is 1. The number of nitrogens with zero attached hydrogens (tertiary/aromatic N) is 4. The summed E-state index contributed by atoms with van der Waals surface area (Å²) in [4.78, 5) is 48.8. The zero-order valence-corrected chi connectivity index (χ0v) is 27.5. The standard InChI is InChI=1S/C31H40ClF3N8O3S/c32-23-16-19(15-22(27(23)36)31(33,34)35)17-25(28(44)41-12-10-40(11-13-41)20-1-6-37-7-2-20)39-29(45)42-8-3-21(4-9-42)43-18-26-24(5-14-47-26)38-30(43)46/h5,14-16,20-21,25,37H,1-4,6-13,17-18,36H2,(H,38,46)(H,39,45)/t25-/m1/s1. The van der Waals surface area contributed by atoms with E-state index in [9.17, 15) is 27.6 Å². The van der Waals surface area contributed by atoms with Gasteiger partial charge in [-0.2, -0.15) is 13.2 Å². The number of fused-ring (bicyclic) bond motifs is 1. The van der Waals surface area contributed by atoms with Crippen molar-refractivity contribution < 1.29 is 27.6 Å². The molecule has 1 aromatic carbocycles. The number of rotatable bonds is 6. The first-order chi connectivity index (χ1) is 22.5. The first-order valence-corrected chi connectivity index (χ1v) is 17.3. The molecule has 0 saturated carbocycles. The highest BCUT2D eigenvalue weighted by atomic mass is 35.5. The molecule has 4 aliphatic heterocycles. The van der Waals surface area contributed by atoms with E-state index >= 15 is 0 Å². The number of nitrogens with one attached hydrogen (secondary N) is 3. The Kier molecular flexibility index (Phi) is 10.1. The molecule has 11 nitrogen and oxygen atoms in total. The molecule has 47 heavy (non-hydrogen) atoms. The molecule has 4 aliphatic rings. The third-order valence-corrected chi connectivity index (χ3v) is 11.0. The van der Waals surface area contributed by atoms with Gasteiger partial charge in [-0.05, 0) is 67.9 Å². The third-order valence-electron chi connectivity index (χ3n) is 9.74. The SMILES string of the molecule is Nc1c(Cl)cc(C[C@@H](NC(=O)N2CCC(N3Cc4sccc4NC3=O)CC2)C(=O)N2CCN(C3CCNCC3)CC2)cc1C(F)(F)F. The number of hydrogen-bond acceptors (Lipinski definition) is 7. The predicted molar refractivity (Wildman–Crippen MR) is 174 cm³/mol. The summed E-state index contributed by atoms with van der Waals surface area (Å²) >= 11 is 7.69. The van der Waals surface area contributed by atoms with Gasteiger partial charge in [-0.1, -0.05) is 11.6 Å². The number of thiophene rings is 1. The first-order valence-electron chi connectivity index (χ1n) is 16.1. The van der Waals surface area contributed by atoms with Crippen molar-refractivity contribution >= 4 is 52.3 Å². The van der Waals surface area contributed by atoms with Crippen molar-refractivity contribution in [3.8, 4) is 0 Å². The molecule has 256 valence electrons. The number of piperidine rings is 2. The van der Waals surface area contributed by atoms with E-state index in [1.807, 2.05) is 11.4 Å². The van der Waals surface area contributed by atoms with Gasteiger partial charge in [0.1, 0.15) is 6.04 Å². The van der Waals surface area contributed by atoms with Crippen LogP contribution in [0.25, 0.3) is 0 Å². The molecule has 5 heterocycles. The van der Waals surface area contributed by atoms with Crippen molar-refractivity contribution in [2.24, 2.45) is 0 Å². The number of piperazine rings is 1. The molecule has 0 aliphatic carbocycles. The number of anilines is 2. The summed E-state index contributed by atoms with van der Waals surface area (Å²) in [7, 11) is 0. The smallest absolute Gasteiger partial charge is 0.397 e. The highest BCUT2D eigenvalue weighted by molar-refractivity contribution is 7.10. The summed E-state index contributed by atoms with van der Waals surface area (Å²) in [6, 6.07) is 2.75. The minimum atomic E-state index is -4.74. The molecule has 5 N–H and O–H groups in total. The summed E-state index contributed by atoms with van der Waals surface area (Å²) in [5.74, 6) is -0.351. The Bertz CT molecular complexity index is 1470. The fourth-order valence-corrected chi connectivity index (χ4v) is 8.14. The topological polar surface area (TPSA) is 126 Å². The van der Waals surface area contributed by atoms with Crippen molar-refractivity contribution in [1.82, 2.24) is 30.2 Å². The Labute approximate surface area is 280 Å². The van der Waals surface area contributed by atoms with Gasteiger partial charge in [0.2, 0.25) is 5.91 Å². The number of carbonyl (C=O) groups is 3. The number of alkyl halides is 3. The number of halogens is 4. The third kappa shape index (κ3) is 7.58. The highest BCUT2D eigenvalue weighted by Gasteiger charge is 2.37. The minimum absolute atomic E-state index is 0.0549. The zero-order valence-electron chi connectivity index (χ0n) is 26.0. The van der Waals surface area contributed by atoms with Crippen LogP contribution in [-0.2, 0) is 23.9 Å². The van der Waals surface area contributed by atoms with Crippen LogP contribution in [0, 0.1) is 0 Å². The Morgan fingerprint density at radius 3 is 2.40 bits per heavy atom. The highest BCUT2D eigenvalue weighted by Crippen LogP contribution is 2.38. The zero-order chi connectivity index (χ0) is 33.3. The second-order valence-corrected chi connectivity index (χ2v) is 14.0. The lowest BCUT2D eigenvalue weighted by molar-refractivity contribution is -0.137. The van der Waals surface area contributed by atoms with Gasteiger partial charge >= 0.3 is 18.2 Å². The van der Waals surface area contributed by atoms with Gasteiger partial charge < -0.3 is 36.4 Å². The van der Waals surface area contributed by atoms with Gasteiger partial charge in [0.15, 0.2) is 0 Å². The normalized spacial score (nSPS) is 20.9. The van der Waals surface area contributed by atoms with E-state index < -0.39 is 29.5 Å². The van der Waals surface area contributed by atoms with E-state index in [0.29, 0.717) is 64.7 Å². The maximum absolute atomic E-state index is 13.9. The van der Waals surface area contributed by atoms with Crippen molar-refractivity contribution in [2.45, 2.75) is 63.0 Å². The summed E-state index contributed by atoms with van der Waals surface area (Å²) in [6.07, 6.45) is -1.73. The van der Waals surface area contributed by atoms with Crippen LogP contribution in [0.3, 0.4) is 0 Å². The van der Waals surface area contributed by atoms with Gasteiger partial charge in [-0.15, -0.1) is 11.3 Å². The quantitative estimate of drug-likeness (QED) is 0.338. The predicted octanol–water partition coefficient (Wildman–Crippen LogP) is 4.03. The van der Waals surface area contributed by atoms with E-state index in [4.69, 9.17) is 17.3 Å². The average Bonchev–Trinajstić information content (AvgIpc) is 3.52. The van der Waals surface area contributed by atoms with Crippen LogP contribution < -0.4 is 21.7 Å². The Morgan fingerprint density at radius 2 is 1.72 bits per heavy atom. The summed E-state index contributed by atoms with van der Waals surface area (Å²) in [5.41, 5.74) is 4.97. The van der Waals surface area contributed by atoms with E-state index in [0.717, 1.165) is 42.6 Å². The molecule has 0 spiro atoms. The Morgan fingerprint density at radius 1 is 1.02 bits per heavy atom. The molecule has 5 amide bonds. The Balaban J connectivity index is 1.13. The van der Waals surface area contributed by atoms with Gasteiger partial charge in [-0.25, -0.2) is 9.59 Å². The van der Waals surface area contributed by atoms with E-state index in [-0.39, 0.29) is 35.0 Å². The van der Waals surface area contributed by atoms with Gasteiger partial charge in [0.05, 0.1) is 28.5 Å². The molecule has 2 aromatic rings. The molecule has 16 heteroatoms. The molecule has 1 aromatic heterocycles. The average molecular weight is 697 g/mol. The summed E-state index contributed by atoms with van der Waals surface area (Å²) in [6.45, 7) is 5.45. The summed E-state index contributed by atoms with van der Waals surface area (Å²) in [5, 5.41) is 10.8. The maximum Gasteiger partial charge on any atom is 0.418 e. The lowest BCUT2D eigenvalue weighted by Gasteiger charge is -2.42. The summed E-state index contributed by atoms with van der Waals surface area (Å²) < 4.78 is 41.3. The van der Waals surface area contributed by atoms with Crippen molar-refractivity contribution in [1.29, 1.82) is 0 Å². The lowest BCUT2D eigenvalue weighted by Crippen LogP contribution is -2.59. The first kappa shape index (κ1) is 33.6. The van der Waals surface area contributed by atoms with Crippen LogP contribution >= 0.6 is 22.9 Å². The number of likely N-dealkylation sites (tertiary alicyclic amines) is 1. The molecule has 0 radical (unpaired) electrons. The van der Waals surface area contributed by atoms with Crippen LogP contribution in [0.15, 0.2) is 23.6 Å². The fourth-order valence-electron chi connectivity index (χ4n) is 7.07. The molecule has 6 rings (SSSR count). The molecular formula is C31H40ClF3N8O3S. The lowest BCUT2D eigenvalue weighted by atomic mass is 10.00. The fraction of sp³-hybridized carbons (Fsp3) is 0.581. The van der Waals surface area contributed by atoms with Gasteiger partial charge in [0, 0.05) is 62.7 Å². The van der Waals surface area contributed by atoms with Crippen LogP contribution in [0.2, 0.25) is 5.02 Å². The number of carbonyl (C=O) groups excluding carboxylic acids is 3. The Hall–Kier alpha value is -3.27. The van der Waals surface area contributed by atoms with E-state index in [1.54, 1.807) is 26.0 Å². The molecular weight excluding hydrogens is 657 g/mol. The van der Waals surface area contributed by atoms with Crippen LogP contribution in [-0.4, -0.2) is 108 Å². The van der Waals surface area contributed by atoms with Gasteiger partial charge in [0.25, 0.3) is 0 Å². The van der Waals surface area contributed by atoms with Crippen LogP contribution in [0.4, 0.5) is 34.1 Å². The van der Waals surface area contributed by atoms with E-state index in [2.05, 4.69) is 20.9 Å². The molecule has 3 saturated heterocycles. The molecule has 0 unspecified atom stereocenters. The van der Waals surface area contributed by atoms with Gasteiger partial charge in [-0.3, -0.25) is 9.69 Å². The maximum atomic E-state index is 13.9. The van der Waals surface area contributed by atoms with E-state index in [1.165, 1.54) is 6.07 Å². The minimum Gasteiger partial charge on any atom is -0.397 e. The second-order valence-electron chi connectivity index (χ2n) is 12.6. The van der Waals surface area contributed by atoms with Crippen molar-refractivity contribution in [2.75, 3.05) is 63.4 Å². The monoisotopic (exact) mass is 696 g/mol. The van der Waals surface area contributed by atoms with Crippen molar-refractivity contribution in [3.05, 3.63) is 44.6 Å². The van der Waals surface area contributed by atoms with Crippen LogP contribution in [0.5, 0.6) is 0 Å². The number of amides is 5. The number of nitrogens with two attached hydrogens (primary N) is 1. The second kappa shape index (κ2) is 14.1. The largest absolute Gasteiger partial charge is 0.418 e. The number of urea groups is 2. The molecule has 3 fully saturated rings. The number of nitrogen functional groups attached to an aromatic ring is 1. The molecule has 0 bridgehead atoms. The number of hydrogen-bond donors (Lipinski definition) is 4. The molecule has 1 atom stereocenters.